The van der Waals surface area contributed by atoms with Crippen LogP contribution < -0.4 is 10.6 Å². The largest absolute Gasteiger partial charge is 0.500 e. The van der Waals surface area contributed by atoms with Crippen molar-refractivity contribution in [2.24, 2.45) is 0 Å². The van der Waals surface area contributed by atoms with Crippen molar-refractivity contribution in [3.8, 4) is 11.4 Å². The number of ether oxygens (including phenoxy) is 2. The Hall–Kier alpha value is -2.97. The first-order valence-electron chi connectivity index (χ1n) is 21.8. The number of nitrogens with one attached hydrogen (secondary N) is 2. The van der Waals surface area contributed by atoms with Crippen LogP contribution in [0.1, 0.15) is 117 Å². The molecule has 0 aliphatic rings. The van der Waals surface area contributed by atoms with E-state index in [0.29, 0.717) is 65.9 Å². The number of carbonyl (C=O) groups excluding carboxylic acids is 2. The molecule has 16 heteroatoms. The van der Waals surface area contributed by atoms with E-state index in [4.69, 9.17) is 36.0 Å². The maximum Gasteiger partial charge on any atom is 0.500 e. The van der Waals surface area contributed by atoms with E-state index < -0.39 is 17.6 Å². The monoisotopic (exact) mass is 850 g/mol. The van der Waals surface area contributed by atoms with E-state index in [9.17, 15) is 9.59 Å². The number of unbranched alkanes of at least 4 members (excludes halogenated alkanes) is 6. The normalized spacial score (nSPS) is 11.8. The molecule has 0 atom stereocenters. The van der Waals surface area contributed by atoms with E-state index in [-0.39, 0.29) is 12.2 Å². The fraction of sp³-hybridized carbons (Fsp3) is 0.714. The first-order chi connectivity index (χ1) is 28.3. The average molecular weight is 851 g/mol. The number of aromatic nitrogens is 2. The molecule has 0 aliphatic carbocycles. The van der Waals surface area contributed by atoms with Gasteiger partial charge in [-0.05, 0) is 154 Å². The number of nitrogens with zero attached hydrogens (tertiary/aromatic N) is 2. The lowest BCUT2D eigenvalue weighted by Gasteiger charge is -2.28. The van der Waals surface area contributed by atoms with Crippen LogP contribution in [0.4, 0.5) is 9.59 Å². The topological polar surface area (TPSA) is 158 Å². The van der Waals surface area contributed by atoms with E-state index in [1.807, 2.05) is 66.1 Å². The van der Waals surface area contributed by atoms with Crippen LogP contribution in [-0.4, -0.2) is 106 Å². The molecule has 2 aromatic heterocycles. The van der Waals surface area contributed by atoms with Crippen molar-refractivity contribution >= 4 is 29.8 Å². The maximum atomic E-state index is 12.1. The van der Waals surface area contributed by atoms with Gasteiger partial charge < -0.3 is 46.7 Å². The van der Waals surface area contributed by atoms with Crippen molar-refractivity contribution in [2.75, 3.05) is 65.9 Å². The molecule has 0 spiro atoms. The van der Waals surface area contributed by atoms with Gasteiger partial charge in [-0.3, -0.25) is 9.97 Å². The number of hydrogen-bond acceptors (Lipinski definition) is 12. The number of rotatable bonds is 35. The van der Waals surface area contributed by atoms with Gasteiger partial charge in [0.15, 0.2) is 0 Å². The lowest BCUT2D eigenvalue weighted by Crippen LogP contribution is -2.46. The maximum absolute atomic E-state index is 12.1. The Kier molecular flexibility index (Phi) is 28.1. The number of pyridine rings is 2. The summed E-state index contributed by atoms with van der Waals surface area (Å²) in [6.07, 6.45) is 13.5. The molecule has 2 aromatic rings. The van der Waals surface area contributed by atoms with Crippen molar-refractivity contribution < 1.29 is 45.6 Å². The highest BCUT2D eigenvalue weighted by Gasteiger charge is 2.40. The van der Waals surface area contributed by atoms with Crippen molar-refractivity contribution in [1.29, 1.82) is 0 Å². The molecule has 2 rings (SSSR count). The fourth-order valence-electron chi connectivity index (χ4n) is 6.50. The molecule has 0 saturated heterocycles. The first-order valence-corrected chi connectivity index (χ1v) is 25.7. The minimum Gasteiger partial charge on any atom is -0.450 e. The number of amides is 2. The minimum atomic E-state index is -2.64. The summed E-state index contributed by atoms with van der Waals surface area (Å²) in [5, 5.41) is 5.68. The molecule has 0 aliphatic heterocycles. The van der Waals surface area contributed by atoms with Crippen LogP contribution in [0.2, 0.25) is 12.1 Å². The quantitative estimate of drug-likeness (QED) is 0.0503. The summed E-state index contributed by atoms with van der Waals surface area (Å²) >= 11 is 0. The molecule has 58 heavy (non-hydrogen) atoms. The summed E-state index contributed by atoms with van der Waals surface area (Å²) in [5.41, 5.74) is 4.14. The van der Waals surface area contributed by atoms with E-state index in [1.165, 1.54) is 11.1 Å². The van der Waals surface area contributed by atoms with Gasteiger partial charge in [-0.2, -0.15) is 0 Å². The van der Waals surface area contributed by atoms with Crippen LogP contribution in [-0.2, 0) is 48.9 Å². The Balaban J connectivity index is 1.59. The van der Waals surface area contributed by atoms with Crippen molar-refractivity contribution in [3.05, 3.63) is 47.8 Å². The predicted molar refractivity (Wildman–Crippen MR) is 231 cm³/mol. The summed E-state index contributed by atoms with van der Waals surface area (Å²) in [4.78, 5) is 33.5. The second-order valence-electron chi connectivity index (χ2n) is 13.7. The van der Waals surface area contributed by atoms with Crippen molar-refractivity contribution in [3.63, 3.8) is 0 Å². The lowest BCUT2D eigenvalue weighted by molar-refractivity contribution is 0.0698. The van der Waals surface area contributed by atoms with Gasteiger partial charge in [-0.1, -0.05) is 0 Å². The second kappa shape index (κ2) is 31.9. The summed E-state index contributed by atoms with van der Waals surface area (Å²) in [7, 11) is -5.29. The summed E-state index contributed by atoms with van der Waals surface area (Å²) in [6, 6.07) is 9.78. The molecule has 0 unspecified atom stereocenters. The van der Waals surface area contributed by atoms with Crippen molar-refractivity contribution in [1.82, 2.24) is 20.6 Å². The molecule has 14 nitrogen and oxygen atoms in total. The predicted octanol–water partition coefficient (Wildman–Crippen LogP) is 8.68. The van der Waals surface area contributed by atoms with Gasteiger partial charge in [0, 0.05) is 77.2 Å². The Morgan fingerprint density at radius 1 is 0.500 bits per heavy atom. The van der Waals surface area contributed by atoms with Crippen LogP contribution in [0.5, 0.6) is 0 Å². The molecule has 0 fully saturated rings. The average Bonchev–Trinajstić information content (AvgIpc) is 3.21. The molecular weight excluding hydrogens is 777 g/mol. The van der Waals surface area contributed by atoms with Crippen molar-refractivity contribution in [2.45, 2.75) is 131 Å². The highest BCUT2D eigenvalue weighted by molar-refractivity contribution is 6.61. The van der Waals surface area contributed by atoms with Gasteiger partial charge in [-0.15, -0.1) is 0 Å². The SMILES string of the molecule is CCO[Si](CCCCNC(=O)OCCCCCc1ccnc(-c2cc(CCCCCOC(=O)NCCCC[Si](OCC)(OCC)OCC)ccn2)c1)(OCC)OCC. The minimum absolute atomic E-state index is 0.378. The zero-order valence-electron chi connectivity index (χ0n) is 36.4. The molecule has 2 N–H and O–H groups in total. The summed E-state index contributed by atoms with van der Waals surface area (Å²) < 4.78 is 46.1. The van der Waals surface area contributed by atoms with E-state index >= 15 is 0 Å². The van der Waals surface area contributed by atoms with Crippen LogP contribution in [0, 0.1) is 0 Å². The Labute approximate surface area is 350 Å². The number of aryl methyl sites for hydroxylation is 2. The number of carbonyl (C=O) groups is 2. The molecule has 2 amide bonds. The lowest BCUT2D eigenvalue weighted by atomic mass is 10.0. The standard InChI is InChI=1S/C42H74N4O10Si2/c1-7-51-57(52-8-2,53-9-3)33-21-17-27-45-41(47)49-31-19-13-15-23-37-25-29-43-39(35-37)40-36-38(26-30-44-40)24-16-14-20-32-50-42(48)46-28-18-22-34-58(54-10-4,55-11-5)56-12-6/h25-26,29-30,35-36H,7-24,27-28,31-34H2,1-6H3,(H,45,47)(H,46,48). The van der Waals surface area contributed by atoms with E-state index in [1.54, 1.807) is 0 Å². The Morgan fingerprint density at radius 2 is 0.862 bits per heavy atom. The third-order valence-electron chi connectivity index (χ3n) is 9.14. The summed E-state index contributed by atoms with van der Waals surface area (Å²) in [5.74, 6) is 0. The number of hydrogen-bond donors (Lipinski definition) is 2. The summed E-state index contributed by atoms with van der Waals surface area (Å²) in [6.45, 7) is 16.9. The zero-order valence-corrected chi connectivity index (χ0v) is 38.4. The van der Waals surface area contributed by atoms with E-state index in [2.05, 4.69) is 32.7 Å². The smallest absolute Gasteiger partial charge is 0.450 e. The van der Waals surface area contributed by atoms with Gasteiger partial charge in [0.2, 0.25) is 0 Å². The van der Waals surface area contributed by atoms with Crippen LogP contribution >= 0.6 is 0 Å². The molecule has 0 radical (unpaired) electrons. The first kappa shape index (κ1) is 51.2. The highest BCUT2D eigenvalue weighted by atomic mass is 28.4. The van der Waals surface area contributed by atoms with Crippen LogP contribution in [0.3, 0.4) is 0 Å². The molecule has 0 aromatic carbocycles. The van der Waals surface area contributed by atoms with Gasteiger partial charge in [0.25, 0.3) is 0 Å². The fourth-order valence-corrected chi connectivity index (χ4v) is 11.9. The highest BCUT2D eigenvalue weighted by Crippen LogP contribution is 2.21. The van der Waals surface area contributed by atoms with Gasteiger partial charge in [0.1, 0.15) is 0 Å². The van der Waals surface area contributed by atoms with Crippen LogP contribution in [0.15, 0.2) is 36.7 Å². The zero-order chi connectivity index (χ0) is 42.2. The Bertz CT molecular complexity index is 1240. The van der Waals surface area contributed by atoms with Gasteiger partial charge >= 0.3 is 29.8 Å². The third kappa shape index (κ3) is 21.9. The molecule has 0 saturated carbocycles. The van der Waals surface area contributed by atoms with E-state index in [0.717, 1.165) is 101 Å². The molecule has 330 valence electrons. The Morgan fingerprint density at radius 3 is 1.21 bits per heavy atom. The van der Waals surface area contributed by atoms with Gasteiger partial charge in [-0.25, -0.2) is 9.59 Å². The third-order valence-corrected chi connectivity index (χ3v) is 15.4. The molecule has 0 bridgehead atoms. The number of alkyl carbamates (subject to hydrolysis) is 2. The molecule has 2 heterocycles. The van der Waals surface area contributed by atoms with Crippen LogP contribution in [0.25, 0.3) is 11.4 Å². The van der Waals surface area contributed by atoms with Gasteiger partial charge in [0.05, 0.1) is 24.6 Å². The molecular formula is C42H74N4O10Si2. The second-order valence-corrected chi connectivity index (χ2v) is 19.2.